The van der Waals surface area contributed by atoms with Crippen molar-refractivity contribution in [1.29, 1.82) is 0 Å². The maximum Gasteiger partial charge on any atom is 0.0950 e. The molecule has 2 heterocycles. The minimum absolute atomic E-state index is 0.0696. The fourth-order valence-corrected chi connectivity index (χ4v) is 2.67. The molecule has 3 nitrogen and oxygen atoms in total. The van der Waals surface area contributed by atoms with Crippen LogP contribution >= 0.6 is 11.3 Å². The SMILES string of the molecule is Cc1ccnc(C(N)Cc2nc(C)c(C)s2)c1. The summed E-state index contributed by atoms with van der Waals surface area (Å²) in [5.74, 6) is 0. The minimum atomic E-state index is -0.0696. The first-order chi connectivity index (χ1) is 8.06. The highest BCUT2D eigenvalue weighted by atomic mass is 32.1. The van der Waals surface area contributed by atoms with E-state index in [-0.39, 0.29) is 6.04 Å². The molecule has 90 valence electrons. The molecular formula is C13H17N3S. The average molecular weight is 247 g/mol. The van der Waals surface area contributed by atoms with Crippen molar-refractivity contribution < 1.29 is 0 Å². The predicted molar refractivity (Wildman–Crippen MR) is 71.2 cm³/mol. The van der Waals surface area contributed by atoms with Crippen LogP contribution in [-0.2, 0) is 6.42 Å². The van der Waals surface area contributed by atoms with Gasteiger partial charge in [0.05, 0.1) is 22.4 Å². The third-order valence-corrected chi connectivity index (χ3v) is 3.88. The smallest absolute Gasteiger partial charge is 0.0950 e. The van der Waals surface area contributed by atoms with E-state index < -0.39 is 0 Å². The summed E-state index contributed by atoms with van der Waals surface area (Å²) in [5, 5.41) is 1.09. The van der Waals surface area contributed by atoms with E-state index in [4.69, 9.17) is 5.73 Å². The second-order valence-corrected chi connectivity index (χ2v) is 5.61. The Kier molecular flexibility index (Phi) is 3.54. The number of aryl methyl sites for hydroxylation is 3. The summed E-state index contributed by atoms with van der Waals surface area (Å²) in [6.45, 7) is 6.17. The molecule has 2 N–H and O–H groups in total. The first kappa shape index (κ1) is 12.2. The van der Waals surface area contributed by atoms with E-state index >= 15 is 0 Å². The Balaban J connectivity index is 2.14. The van der Waals surface area contributed by atoms with Gasteiger partial charge in [-0.3, -0.25) is 4.98 Å². The number of nitrogens with zero attached hydrogens (tertiary/aromatic N) is 2. The zero-order valence-electron chi connectivity index (χ0n) is 10.4. The first-order valence-corrected chi connectivity index (χ1v) is 6.49. The van der Waals surface area contributed by atoms with Gasteiger partial charge < -0.3 is 5.73 Å². The maximum atomic E-state index is 6.16. The Morgan fingerprint density at radius 3 is 2.71 bits per heavy atom. The standard InChI is InChI=1S/C13H17N3S/c1-8-4-5-15-12(6-8)11(14)7-13-16-9(2)10(3)17-13/h4-6,11H,7,14H2,1-3H3. The Morgan fingerprint density at radius 1 is 1.35 bits per heavy atom. The molecule has 0 saturated heterocycles. The van der Waals surface area contributed by atoms with Crippen LogP contribution in [0.1, 0.15) is 32.9 Å². The van der Waals surface area contributed by atoms with Crippen LogP contribution in [0.15, 0.2) is 18.3 Å². The highest BCUT2D eigenvalue weighted by Crippen LogP contribution is 2.21. The fraction of sp³-hybridized carbons (Fsp3) is 0.385. The summed E-state index contributed by atoms with van der Waals surface area (Å²) in [7, 11) is 0. The molecule has 2 rings (SSSR count). The lowest BCUT2D eigenvalue weighted by Gasteiger charge is -2.09. The molecule has 1 unspecified atom stereocenters. The van der Waals surface area contributed by atoms with Gasteiger partial charge in [-0.05, 0) is 38.5 Å². The normalized spacial score (nSPS) is 12.7. The summed E-state index contributed by atoms with van der Waals surface area (Å²) in [6.07, 6.45) is 2.57. The molecule has 0 aliphatic heterocycles. The second-order valence-electron chi connectivity index (χ2n) is 4.32. The van der Waals surface area contributed by atoms with Gasteiger partial charge in [-0.25, -0.2) is 4.98 Å². The number of thiazole rings is 1. The van der Waals surface area contributed by atoms with E-state index in [2.05, 4.69) is 23.8 Å². The number of nitrogens with two attached hydrogens (primary N) is 1. The van der Waals surface area contributed by atoms with Gasteiger partial charge in [0.2, 0.25) is 0 Å². The van der Waals surface area contributed by atoms with Gasteiger partial charge in [-0.15, -0.1) is 11.3 Å². The third-order valence-electron chi connectivity index (χ3n) is 2.78. The average Bonchev–Trinajstić information content (AvgIpc) is 2.58. The summed E-state index contributed by atoms with van der Waals surface area (Å²) < 4.78 is 0. The van der Waals surface area contributed by atoms with Crippen molar-refractivity contribution in [2.24, 2.45) is 5.73 Å². The number of rotatable bonds is 3. The summed E-state index contributed by atoms with van der Waals surface area (Å²) in [6, 6.07) is 3.95. The molecule has 17 heavy (non-hydrogen) atoms. The molecular weight excluding hydrogens is 230 g/mol. The van der Waals surface area contributed by atoms with Gasteiger partial charge in [0.25, 0.3) is 0 Å². The van der Waals surface area contributed by atoms with Crippen LogP contribution in [0.3, 0.4) is 0 Å². The molecule has 0 spiro atoms. The summed E-state index contributed by atoms with van der Waals surface area (Å²) in [4.78, 5) is 10.1. The zero-order valence-corrected chi connectivity index (χ0v) is 11.2. The molecule has 0 aromatic carbocycles. The van der Waals surface area contributed by atoms with Crippen LogP contribution in [0.2, 0.25) is 0 Å². The van der Waals surface area contributed by atoms with Crippen LogP contribution in [0.25, 0.3) is 0 Å². The van der Waals surface area contributed by atoms with Crippen molar-refractivity contribution in [2.75, 3.05) is 0 Å². The molecule has 0 radical (unpaired) electrons. The van der Waals surface area contributed by atoms with E-state index in [0.717, 1.165) is 22.8 Å². The molecule has 0 aliphatic rings. The first-order valence-electron chi connectivity index (χ1n) is 5.67. The van der Waals surface area contributed by atoms with E-state index in [9.17, 15) is 0 Å². The minimum Gasteiger partial charge on any atom is -0.322 e. The van der Waals surface area contributed by atoms with Crippen molar-refractivity contribution in [3.8, 4) is 0 Å². The van der Waals surface area contributed by atoms with Crippen LogP contribution < -0.4 is 5.73 Å². The van der Waals surface area contributed by atoms with Crippen molar-refractivity contribution in [3.63, 3.8) is 0 Å². The molecule has 0 saturated carbocycles. The Hall–Kier alpha value is -1.26. The lowest BCUT2D eigenvalue weighted by molar-refractivity contribution is 0.691. The van der Waals surface area contributed by atoms with Gasteiger partial charge in [0.15, 0.2) is 0 Å². The van der Waals surface area contributed by atoms with Gasteiger partial charge in [0.1, 0.15) is 0 Å². The van der Waals surface area contributed by atoms with Crippen LogP contribution in [0.5, 0.6) is 0 Å². The molecule has 0 aliphatic carbocycles. The summed E-state index contributed by atoms with van der Waals surface area (Å²) >= 11 is 1.72. The molecule has 1 atom stereocenters. The quantitative estimate of drug-likeness (QED) is 0.907. The van der Waals surface area contributed by atoms with Crippen molar-refractivity contribution in [1.82, 2.24) is 9.97 Å². The highest BCUT2D eigenvalue weighted by Gasteiger charge is 2.12. The van der Waals surface area contributed by atoms with Crippen molar-refractivity contribution in [2.45, 2.75) is 33.2 Å². The van der Waals surface area contributed by atoms with Gasteiger partial charge in [-0.1, -0.05) is 0 Å². The largest absolute Gasteiger partial charge is 0.322 e. The van der Waals surface area contributed by atoms with Gasteiger partial charge >= 0.3 is 0 Å². The van der Waals surface area contributed by atoms with E-state index in [1.807, 2.05) is 25.3 Å². The number of pyridine rings is 1. The third kappa shape index (κ3) is 2.90. The number of hydrogen-bond donors (Lipinski definition) is 1. The lowest BCUT2D eigenvalue weighted by atomic mass is 10.1. The predicted octanol–water partition coefficient (Wildman–Crippen LogP) is 2.71. The summed E-state index contributed by atoms with van der Waals surface area (Å²) in [5.41, 5.74) is 9.40. The molecule has 0 fully saturated rings. The van der Waals surface area contributed by atoms with Crippen molar-refractivity contribution >= 4 is 11.3 Å². The van der Waals surface area contributed by atoms with Gasteiger partial charge in [-0.2, -0.15) is 0 Å². The van der Waals surface area contributed by atoms with Crippen molar-refractivity contribution in [3.05, 3.63) is 45.2 Å². The molecule has 0 bridgehead atoms. The Morgan fingerprint density at radius 2 is 2.12 bits per heavy atom. The molecule has 0 amide bonds. The van der Waals surface area contributed by atoms with E-state index in [1.165, 1.54) is 10.4 Å². The topological polar surface area (TPSA) is 51.8 Å². The second kappa shape index (κ2) is 4.94. The van der Waals surface area contributed by atoms with Crippen LogP contribution in [0, 0.1) is 20.8 Å². The molecule has 4 heteroatoms. The Labute approximate surface area is 106 Å². The number of aromatic nitrogens is 2. The van der Waals surface area contributed by atoms with E-state index in [1.54, 1.807) is 11.3 Å². The molecule has 2 aromatic rings. The number of hydrogen-bond acceptors (Lipinski definition) is 4. The lowest BCUT2D eigenvalue weighted by Crippen LogP contribution is -2.14. The maximum absolute atomic E-state index is 6.16. The fourth-order valence-electron chi connectivity index (χ4n) is 1.68. The monoisotopic (exact) mass is 247 g/mol. The molecule has 2 aromatic heterocycles. The highest BCUT2D eigenvalue weighted by molar-refractivity contribution is 7.11. The van der Waals surface area contributed by atoms with Crippen LogP contribution in [0.4, 0.5) is 0 Å². The Bertz CT molecular complexity index is 500. The van der Waals surface area contributed by atoms with Gasteiger partial charge in [0, 0.05) is 17.5 Å². The zero-order chi connectivity index (χ0) is 12.4. The van der Waals surface area contributed by atoms with Crippen LogP contribution in [-0.4, -0.2) is 9.97 Å². The van der Waals surface area contributed by atoms with E-state index in [0.29, 0.717) is 0 Å².